The highest BCUT2D eigenvalue weighted by molar-refractivity contribution is 6.31. The number of aromatic nitrogens is 2. The van der Waals surface area contributed by atoms with Crippen molar-refractivity contribution in [3.8, 4) is 0 Å². The highest BCUT2D eigenvalue weighted by Crippen LogP contribution is 2.20. The largest absolute Gasteiger partial charge is 0.370 e. The summed E-state index contributed by atoms with van der Waals surface area (Å²) >= 11 is 6.01. The molecule has 0 aliphatic carbocycles. The molecule has 0 aliphatic heterocycles. The molecule has 7 heteroatoms. The molecule has 6 nitrogen and oxygen atoms in total. The van der Waals surface area contributed by atoms with Crippen molar-refractivity contribution in [1.82, 2.24) is 14.9 Å². The lowest BCUT2D eigenvalue weighted by molar-refractivity contribution is 0.403. The molecule has 2 rings (SSSR count). The van der Waals surface area contributed by atoms with Gasteiger partial charge in [-0.15, -0.1) is 0 Å². The maximum absolute atomic E-state index is 6.01. The fourth-order valence-electron chi connectivity index (χ4n) is 2.06. The third-order valence-electron chi connectivity index (χ3n) is 3.13. The van der Waals surface area contributed by atoms with Crippen LogP contribution in [0.1, 0.15) is 12.1 Å². The second kappa shape index (κ2) is 7.38. The molecular weight excluding hydrogens is 300 g/mol. The molecule has 0 spiro atoms. The summed E-state index contributed by atoms with van der Waals surface area (Å²) in [5.74, 6) is 0.751. The molecule has 0 radical (unpaired) electrons. The maximum atomic E-state index is 6.01. The molecule has 1 aromatic heterocycles. The van der Waals surface area contributed by atoms with Gasteiger partial charge in [0.15, 0.2) is 5.96 Å². The minimum atomic E-state index is 0.319. The van der Waals surface area contributed by atoms with Crippen LogP contribution < -0.4 is 11.1 Å². The number of nitrogens with zero attached hydrogens (tertiary/aromatic N) is 4. The van der Waals surface area contributed by atoms with Crippen LogP contribution in [-0.2, 0) is 0 Å². The van der Waals surface area contributed by atoms with Crippen molar-refractivity contribution in [3.63, 3.8) is 0 Å². The second-order valence-electron chi connectivity index (χ2n) is 5.34. The first-order valence-electron chi connectivity index (χ1n) is 7.11. The van der Waals surface area contributed by atoms with Gasteiger partial charge in [0.25, 0.3) is 0 Å². The van der Waals surface area contributed by atoms with Gasteiger partial charge in [-0.2, -0.15) is 0 Å². The van der Waals surface area contributed by atoms with E-state index in [1.54, 1.807) is 6.07 Å². The summed E-state index contributed by atoms with van der Waals surface area (Å²) in [6.45, 7) is 3.56. The number of halogens is 1. The number of nitrogens with two attached hydrogens (primary N) is 1. The number of benzene rings is 1. The zero-order chi connectivity index (χ0) is 16.1. The van der Waals surface area contributed by atoms with E-state index in [-0.39, 0.29) is 0 Å². The molecule has 0 fully saturated rings. The van der Waals surface area contributed by atoms with Gasteiger partial charge in [-0.1, -0.05) is 11.6 Å². The molecule has 3 N–H and O–H groups in total. The highest BCUT2D eigenvalue weighted by Gasteiger charge is 2.06. The Hall–Kier alpha value is -1.92. The predicted octanol–water partition coefficient (Wildman–Crippen LogP) is 2.27. The number of hydrogen-bond acceptors (Lipinski definition) is 4. The first-order valence-corrected chi connectivity index (χ1v) is 7.49. The summed E-state index contributed by atoms with van der Waals surface area (Å²) in [6.07, 6.45) is 0.947. The highest BCUT2D eigenvalue weighted by atomic mass is 35.5. The fraction of sp³-hybridized carbons (Fsp3) is 0.400. The Bertz CT molecular complexity index is 683. The van der Waals surface area contributed by atoms with Crippen molar-refractivity contribution < 1.29 is 0 Å². The number of aryl methyl sites for hydroxylation is 1. The molecule has 0 bridgehead atoms. The van der Waals surface area contributed by atoms with Crippen LogP contribution in [-0.4, -0.2) is 48.0 Å². The van der Waals surface area contributed by atoms with E-state index in [9.17, 15) is 0 Å². The molecule has 0 saturated carbocycles. The topological polar surface area (TPSA) is 79.4 Å². The van der Waals surface area contributed by atoms with Crippen molar-refractivity contribution in [2.24, 2.45) is 10.7 Å². The van der Waals surface area contributed by atoms with Gasteiger partial charge in [0.1, 0.15) is 0 Å². The van der Waals surface area contributed by atoms with Gasteiger partial charge in [-0.3, -0.25) is 10.3 Å². The van der Waals surface area contributed by atoms with Gasteiger partial charge in [-0.25, -0.2) is 9.97 Å². The molecule has 2 aromatic rings. The number of fused-ring (bicyclic) bond motifs is 1. The number of guanidine groups is 1. The first kappa shape index (κ1) is 16.5. The lowest BCUT2D eigenvalue weighted by atomic mass is 10.2. The van der Waals surface area contributed by atoms with Crippen LogP contribution in [0.4, 0.5) is 5.95 Å². The summed E-state index contributed by atoms with van der Waals surface area (Å²) in [5.41, 5.74) is 7.51. The summed E-state index contributed by atoms with van der Waals surface area (Å²) in [6, 6.07) is 5.55. The van der Waals surface area contributed by atoms with E-state index in [1.165, 1.54) is 0 Å². The summed E-state index contributed by atoms with van der Waals surface area (Å²) in [7, 11) is 4.06. The minimum Gasteiger partial charge on any atom is -0.370 e. The molecule has 0 unspecified atom stereocenters. The first-order chi connectivity index (χ1) is 10.5. The Balaban J connectivity index is 2.09. The molecule has 1 heterocycles. The smallest absolute Gasteiger partial charge is 0.230 e. The van der Waals surface area contributed by atoms with E-state index in [2.05, 4.69) is 25.2 Å². The van der Waals surface area contributed by atoms with Gasteiger partial charge in [0.2, 0.25) is 5.95 Å². The molecule has 0 aliphatic rings. The Kier molecular flexibility index (Phi) is 5.51. The van der Waals surface area contributed by atoms with Gasteiger partial charge >= 0.3 is 0 Å². The average molecular weight is 321 g/mol. The Morgan fingerprint density at radius 2 is 2.14 bits per heavy atom. The summed E-state index contributed by atoms with van der Waals surface area (Å²) in [4.78, 5) is 15.2. The van der Waals surface area contributed by atoms with Crippen molar-refractivity contribution in [2.75, 3.05) is 32.5 Å². The van der Waals surface area contributed by atoms with E-state index >= 15 is 0 Å². The molecule has 1 aromatic carbocycles. The van der Waals surface area contributed by atoms with Crippen LogP contribution in [0, 0.1) is 6.92 Å². The van der Waals surface area contributed by atoms with Crippen molar-refractivity contribution in [1.29, 1.82) is 0 Å². The van der Waals surface area contributed by atoms with Crippen molar-refractivity contribution in [3.05, 3.63) is 28.9 Å². The van der Waals surface area contributed by atoms with Crippen LogP contribution in [0.2, 0.25) is 5.02 Å². The zero-order valence-corrected chi connectivity index (χ0v) is 13.9. The SMILES string of the molecule is Cc1nc(NC(N)=NCCCN(C)C)nc2cc(Cl)ccc12. The quantitative estimate of drug-likeness (QED) is 0.502. The van der Waals surface area contributed by atoms with Gasteiger partial charge in [-0.05, 0) is 52.2 Å². The Labute approximate surface area is 135 Å². The van der Waals surface area contributed by atoms with Gasteiger partial charge in [0.05, 0.1) is 11.2 Å². The molecule has 22 heavy (non-hydrogen) atoms. The third-order valence-corrected chi connectivity index (χ3v) is 3.37. The minimum absolute atomic E-state index is 0.319. The summed E-state index contributed by atoms with van der Waals surface area (Å²) in [5, 5.41) is 4.54. The van der Waals surface area contributed by atoms with Crippen LogP contribution in [0.5, 0.6) is 0 Å². The number of nitrogens with one attached hydrogen (secondary N) is 1. The Morgan fingerprint density at radius 1 is 1.36 bits per heavy atom. The van der Waals surface area contributed by atoms with E-state index in [4.69, 9.17) is 17.3 Å². The van der Waals surface area contributed by atoms with Crippen LogP contribution in [0.3, 0.4) is 0 Å². The normalized spacial score (nSPS) is 12.1. The van der Waals surface area contributed by atoms with E-state index < -0.39 is 0 Å². The standard InChI is InChI=1S/C15H21ClN6/c1-10-12-6-5-11(16)9-13(12)20-15(19-10)21-14(17)18-7-4-8-22(2)3/h5-6,9H,4,7-8H2,1-3H3,(H3,17,18,19,20,21). The second-order valence-corrected chi connectivity index (χ2v) is 5.78. The number of aliphatic imine (C=N–C) groups is 1. The average Bonchev–Trinajstić information content (AvgIpc) is 2.43. The van der Waals surface area contributed by atoms with Crippen LogP contribution in [0.15, 0.2) is 23.2 Å². The molecule has 0 atom stereocenters. The number of hydrogen-bond donors (Lipinski definition) is 2. The molecule has 118 valence electrons. The van der Waals surface area contributed by atoms with E-state index in [1.807, 2.05) is 33.2 Å². The van der Waals surface area contributed by atoms with Gasteiger partial charge < -0.3 is 10.6 Å². The maximum Gasteiger partial charge on any atom is 0.230 e. The zero-order valence-electron chi connectivity index (χ0n) is 13.1. The molecule has 0 amide bonds. The molecule has 0 saturated heterocycles. The number of rotatable bonds is 5. The van der Waals surface area contributed by atoms with E-state index in [0.717, 1.165) is 29.6 Å². The van der Waals surface area contributed by atoms with Crippen molar-refractivity contribution in [2.45, 2.75) is 13.3 Å². The summed E-state index contributed by atoms with van der Waals surface area (Å²) < 4.78 is 0. The monoisotopic (exact) mass is 320 g/mol. The lowest BCUT2D eigenvalue weighted by Gasteiger charge is -2.09. The van der Waals surface area contributed by atoms with Crippen LogP contribution >= 0.6 is 11.6 Å². The lowest BCUT2D eigenvalue weighted by Crippen LogP contribution is -2.25. The number of anilines is 1. The fourth-order valence-corrected chi connectivity index (χ4v) is 2.22. The van der Waals surface area contributed by atoms with E-state index in [0.29, 0.717) is 23.5 Å². The van der Waals surface area contributed by atoms with Crippen LogP contribution in [0.25, 0.3) is 10.9 Å². The van der Waals surface area contributed by atoms with Gasteiger partial charge in [0, 0.05) is 17.0 Å². The Morgan fingerprint density at radius 3 is 2.86 bits per heavy atom. The predicted molar refractivity (Wildman–Crippen MR) is 92.6 cm³/mol. The third kappa shape index (κ3) is 4.54. The molecular formula is C15H21ClN6. The van der Waals surface area contributed by atoms with Crippen molar-refractivity contribution >= 4 is 34.4 Å².